The molecule has 3 aromatic rings. The molecule has 0 fully saturated rings. The lowest BCUT2D eigenvalue weighted by Gasteiger charge is -2.06. The van der Waals surface area contributed by atoms with E-state index in [4.69, 9.17) is 5.11 Å². The summed E-state index contributed by atoms with van der Waals surface area (Å²) in [5.74, 6) is -0.905. The average molecular weight is 353 g/mol. The zero-order chi connectivity index (χ0) is 15.5. The minimum absolute atomic E-state index is 0.301. The molecule has 0 aliphatic rings. The van der Waals surface area contributed by atoms with Crippen LogP contribution in [0.2, 0.25) is 0 Å². The van der Waals surface area contributed by atoms with Gasteiger partial charge in [0.25, 0.3) is 0 Å². The van der Waals surface area contributed by atoms with Crippen molar-refractivity contribution in [1.29, 1.82) is 0 Å². The maximum Gasteiger partial charge on any atom is 0.335 e. The Labute approximate surface area is 137 Å². The molecule has 0 amide bonds. The van der Waals surface area contributed by atoms with E-state index in [1.54, 1.807) is 12.1 Å². The van der Waals surface area contributed by atoms with Crippen molar-refractivity contribution in [3.63, 3.8) is 0 Å². The van der Waals surface area contributed by atoms with Crippen molar-refractivity contribution in [1.82, 2.24) is 0 Å². The van der Waals surface area contributed by atoms with Crippen LogP contribution in [0, 0.1) is 0 Å². The molecule has 0 saturated carbocycles. The number of aromatic carboxylic acids is 1. The molecule has 2 nitrogen and oxygen atoms in total. The maximum atomic E-state index is 10.9. The molecule has 3 aromatic carbocycles. The number of carboxylic acid groups (broad SMARTS) is 1. The highest BCUT2D eigenvalue weighted by Crippen LogP contribution is 2.26. The van der Waals surface area contributed by atoms with Gasteiger partial charge in [0.2, 0.25) is 0 Å². The second-order valence-corrected chi connectivity index (χ2v) is 5.88. The third kappa shape index (κ3) is 3.10. The highest BCUT2D eigenvalue weighted by Gasteiger charge is 2.04. The van der Waals surface area contributed by atoms with Crippen molar-refractivity contribution >= 4 is 21.9 Å². The summed E-state index contributed by atoms with van der Waals surface area (Å²) in [4.78, 5) is 10.9. The summed E-state index contributed by atoms with van der Waals surface area (Å²) in [5.41, 5.74) is 4.69. The highest BCUT2D eigenvalue weighted by molar-refractivity contribution is 9.10. The van der Waals surface area contributed by atoms with Gasteiger partial charge in [-0.1, -0.05) is 64.5 Å². The predicted molar refractivity (Wildman–Crippen MR) is 92.0 cm³/mol. The van der Waals surface area contributed by atoms with E-state index < -0.39 is 5.97 Å². The Morgan fingerprint density at radius 2 is 0.955 bits per heavy atom. The molecule has 0 aliphatic heterocycles. The SMILES string of the molecule is O=C(O)c1ccc(-c2ccc(-c3ccc(Br)cc3)cc2)cc1. The van der Waals surface area contributed by atoms with E-state index in [1.165, 1.54) is 0 Å². The van der Waals surface area contributed by atoms with E-state index in [9.17, 15) is 4.79 Å². The minimum atomic E-state index is -0.905. The number of benzene rings is 3. The third-order valence-corrected chi connectivity index (χ3v) is 4.06. The first kappa shape index (κ1) is 14.5. The first-order valence-corrected chi connectivity index (χ1v) is 7.62. The molecule has 0 spiro atoms. The summed E-state index contributed by atoms with van der Waals surface area (Å²) in [6, 6.07) is 23.3. The smallest absolute Gasteiger partial charge is 0.335 e. The van der Waals surface area contributed by atoms with E-state index in [0.717, 1.165) is 26.7 Å². The summed E-state index contributed by atoms with van der Waals surface area (Å²) in [7, 11) is 0. The molecule has 0 atom stereocenters. The Balaban J connectivity index is 1.87. The summed E-state index contributed by atoms with van der Waals surface area (Å²) in [6.45, 7) is 0. The Kier molecular flexibility index (Phi) is 4.07. The summed E-state index contributed by atoms with van der Waals surface area (Å²) in [6.07, 6.45) is 0. The lowest BCUT2D eigenvalue weighted by molar-refractivity contribution is 0.0697. The van der Waals surface area contributed by atoms with E-state index in [1.807, 2.05) is 36.4 Å². The van der Waals surface area contributed by atoms with Crippen molar-refractivity contribution in [2.75, 3.05) is 0 Å². The van der Waals surface area contributed by atoms with Gasteiger partial charge in [-0.25, -0.2) is 4.79 Å². The number of carbonyl (C=O) groups is 1. The zero-order valence-corrected chi connectivity index (χ0v) is 13.2. The van der Waals surface area contributed by atoms with Crippen molar-refractivity contribution in [3.05, 3.63) is 82.8 Å². The molecule has 1 N–H and O–H groups in total. The molecule has 0 aliphatic carbocycles. The van der Waals surface area contributed by atoms with Crippen molar-refractivity contribution in [2.45, 2.75) is 0 Å². The fraction of sp³-hybridized carbons (Fsp3) is 0. The standard InChI is InChI=1S/C19H13BrO2/c20-18-11-9-16(10-12-18)14-3-1-13(2-4-14)15-5-7-17(8-6-15)19(21)22/h1-12H,(H,21,22). The van der Waals surface area contributed by atoms with Crippen LogP contribution in [0.25, 0.3) is 22.3 Å². The van der Waals surface area contributed by atoms with Crippen molar-refractivity contribution < 1.29 is 9.90 Å². The van der Waals surface area contributed by atoms with Crippen LogP contribution in [0.5, 0.6) is 0 Å². The quantitative estimate of drug-likeness (QED) is 0.677. The minimum Gasteiger partial charge on any atom is -0.478 e. The van der Waals surface area contributed by atoms with Crippen LogP contribution >= 0.6 is 15.9 Å². The van der Waals surface area contributed by atoms with Gasteiger partial charge >= 0.3 is 5.97 Å². The van der Waals surface area contributed by atoms with E-state index >= 15 is 0 Å². The molecule has 0 unspecified atom stereocenters. The second-order valence-electron chi connectivity index (χ2n) is 4.97. The van der Waals surface area contributed by atoms with Gasteiger partial charge < -0.3 is 5.11 Å². The predicted octanol–water partition coefficient (Wildman–Crippen LogP) is 5.48. The molecule has 0 radical (unpaired) electrons. The van der Waals surface area contributed by atoms with E-state index in [0.29, 0.717) is 5.56 Å². The Morgan fingerprint density at radius 3 is 1.32 bits per heavy atom. The first-order valence-electron chi connectivity index (χ1n) is 6.83. The number of carboxylic acids is 1. The molecule has 0 heterocycles. The highest BCUT2D eigenvalue weighted by atomic mass is 79.9. The first-order chi connectivity index (χ1) is 10.6. The van der Waals surface area contributed by atoms with Crippen molar-refractivity contribution in [2.24, 2.45) is 0 Å². The Hall–Kier alpha value is -2.39. The van der Waals surface area contributed by atoms with Crippen LogP contribution < -0.4 is 0 Å². The normalized spacial score (nSPS) is 10.4. The lowest BCUT2D eigenvalue weighted by Crippen LogP contribution is -1.94. The summed E-state index contributed by atoms with van der Waals surface area (Å²) in [5, 5.41) is 8.92. The zero-order valence-electron chi connectivity index (χ0n) is 11.7. The number of hydrogen-bond donors (Lipinski definition) is 1. The summed E-state index contributed by atoms with van der Waals surface area (Å²) < 4.78 is 1.06. The Bertz CT molecular complexity index is 788. The van der Waals surface area contributed by atoms with Gasteiger partial charge in [0.15, 0.2) is 0 Å². The van der Waals surface area contributed by atoms with Crippen molar-refractivity contribution in [3.8, 4) is 22.3 Å². The Morgan fingerprint density at radius 1 is 0.636 bits per heavy atom. The maximum absolute atomic E-state index is 10.9. The van der Waals surface area contributed by atoms with Crippen LogP contribution in [0.15, 0.2) is 77.3 Å². The topological polar surface area (TPSA) is 37.3 Å². The van der Waals surface area contributed by atoms with Gasteiger partial charge in [-0.05, 0) is 46.5 Å². The molecular formula is C19H13BrO2. The number of rotatable bonds is 3. The van der Waals surface area contributed by atoms with Gasteiger partial charge in [0, 0.05) is 4.47 Å². The lowest BCUT2D eigenvalue weighted by atomic mass is 10.00. The third-order valence-electron chi connectivity index (χ3n) is 3.53. The van der Waals surface area contributed by atoms with Crippen LogP contribution in [-0.2, 0) is 0 Å². The van der Waals surface area contributed by atoms with Crippen LogP contribution in [-0.4, -0.2) is 11.1 Å². The van der Waals surface area contributed by atoms with Crippen LogP contribution in [0.1, 0.15) is 10.4 Å². The van der Waals surface area contributed by atoms with Crippen LogP contribution in [0.3, 0.4) is 0 Å². The van der Waals surface area contributed by atoms with Gasteiger partial charge in [-0.2, -0.15) is 0 Å². The second kappa shape index (κ2) is 6.16. The molecule has 0 bridgehead atoms. The summed E-state index contributed by atoms with van der Waals surface area (Å²) >= 11 is 3.43. The molecule has 0 aromatic heterocycles. The molecule has 108 valence electrons. The molecular weight excluding hydrogens is 340 g/mol. The average Bonchev–Trinajstić information content (AvgIpc) is 2.56. The number of halogens is 1. The fourth-order valence-electron chi connectivity index (χ4n) is 2.30. The van der Waals surface area contributed by atoms with Gasteiger partial charge in [0.1, 0.15) is 0 Å². The van der Waals surface area contributed by atoms with E-state index in [2.05, 4.69) is 40.2 Å². The van der Waals surface area contributed by atoms with E-state index in [-0.39, 0.29) is 0 Å². The monoisotopic (exact) mass is 352 g/mol. The molecule has 3 rings (SSSR count). The van der Waals surface area contributed by atoms with Gasteiger partial charge in [0.05, 0.1) is 5.56 Å². The molecule has 22 heavy (non-hydrogen) atoms. The molecule has 3 heteroatoms. The van der Waals surface area contributed by atoms with Gasteiger partial charge in [-0.3, -0.25) is 0 Å². The molecule has 0 saturated heterocycles. The largest absolute Gasteiger partial charge is 0.478 e. The number of hydrogen-bond acceptors (Lipinski definition) is 1. The van der Waals surface area contributed by atoms with Gasteiger partial charge in [-0.15, -0.1) is 0 Å². The van der Waals surface area contributed by atoms with Crippen LogP contribution in [0.4, 0.5) is 0 Å². The fourth-order valence-corrected chi connectivity index (χ4v) is 2.57.